The molecule has 0 unspecified atom stereocenters. The molecule has 18 heavy (non-hydrogen) atoms. The molecule has 4 nitrogen and oxygen atoms in total. The number of carboxylic acids is 1. The monoisotopic (exact) mass is 271 g/mol. The standard InChI is InChI=1S/C12H11ClFNO3/c1-6(7(2)12(17)18)11(16)15-9-5-3-4-8(13)10(9)14/h3-5H,1-2H3,(H,15,16)(H,17,18). The fraction of sp³-hybridized carbons (Fsp3) is 0.167. The molecule has 0 bridgehead atoms. The number of halogens is 2. The van der Waals surface area contributed by atoms with E-state index in [-0.39, 0.29) is 21.9 Å². The normalized spacial score (nSPS) is 11.8. The van der Waals surface area contributed by atoms with Gasteiger partial charge in [-0.3, -0.25) is 4.79 Å². The van der Waals surface area contributed by atoms with Crippen molar-refractivity contribution >= 4 is 29.2 Å². The van der Waals surface area contributed by atoms with Gasteiger partial charge in [0, 0.05) is 11.1 Å². The van der Waals surface area contributed by atoms with Crippen molar-refractivity contribution in [3.8, 4) is 0 Å². The first-order chi connectivity index (χ1) is 8.34. The van der Waals surface area contributed by atoms with Crippen LogP contribution in [0.5, 0.6) is 0 Å². The maximum Gasteiger partial charge on any atom is 0.331 e. The fourth-order valence-electron chi connectivity index (χ4n) is 1.15. The van der Waals surface area contributed by atoms with Gasteiger partial charge in [-0.1, -0.05) is 17.7 Å². The van der Waals surface area contributed by atoms with Crippen LogP contribution in [0, 0.1) is 5.82 Å². The zero-order valence-corrected chi connectivity index (χ0v) is 10.5. The molecule has 0 aliphatic carbocycles. The molecule has 0 aliphatic rings. The molecule has 96 valence electrons. The molecule has 1 aromatic carbocycles. The summed E-state index contributed by atoms with van der Waals surface area (Å²) in [7, 11) is 0. The van der Waals surface area contributed by atoms with Gasteiger partial charge in [0.25, 0.3) is 5.91 Å². The van der Waals surface area contributed by atoms with Crippen molar-refractivity contribution in [2.75, 3.05) is 5.32 Å². The third kappa shape index (κ3) is 3.07. The molecular weight excluding hydrogens is 261 g/mol. The second kappa shape index (κ2) is 5.64. The Morgan fingerprint density at radius 2 is 1.89 bits per heavy atom. The van der Waals surface area contributed by atoms with E-state index in [9.17, 15) is 14.0 Å². The molecule has 0 atom stereocenters. The first kappa shape index (κ1) is 14.2. The van der Waals surface area contributed by atoms with Crippen LogP contribution in [0.15, 0.2) is 29.3 Å². The van der Waals surface area contributed by atoms with Crippen LogP contribution >= 0.6 is 11.6 Å². The minimum atomic E-state index is -1.20. The Bertz CT molecular complexity index is 540. The Morgan fingerprint density at radius 1 is 1.28 bits per heavy atom. The summed E-state index contributed by atoms with van der Waals surface area (Å²) in [6.45, 7) is 2.65. The Morgan fingerprint density at radius 3 is 2.44 bits per heavy atom. The highest BCUT2D eigenvalue weighted by Gasteiger charge is 2.15. The van der Waals surface area contributed by atoms with E-state index in [0.717, 1.165) is 0 Å². The zero-order valence-electron chi connectivity index (χ0n) is 9.75. The summed E-state index contributed by atoms with van der Waals surface area (Å²) in [6, 6.07) is 4.16. The summed E-state index contributed by atoms with van der Waals surface area (Å²) in [4.78, 5) is 22.4. The number of nitrogens with one attached hydrogen (secondary N) is 1. The summed E-state index contributed by atoms with van der Waals surface area (Å²) in [5.41, 5.74) is -0.193. The van der Waals surface area contributed by atoms with Crippen LogP contribution in [-0.2, 0) is 9.59 Å². The van der Waals surface area contributed by atoms with E-state index >= 15 is 0 Å². The van der Waals surface area contributed by atoms with Crippen molar-refractivity contribution in [3.63, 3.8) is 0 Å². The molecule has 1 rings (SSSR count). The minimum absolute atomic E-state index is 0.00174. The summed E-state index contributed by atoms with van der Waals surface area (Å²) in [5, 5.41) is 10.9. The van der Waals surface area contributed by atoms with E-state index < -0.39 is 17.7 Å². The number of carbonyl (C=O) groups excluding carboxylic acids is 1. The van der Waals surface area contributed by atoms with Crippen molar-refractivity contribution < 1.29 is 19.1 Å². The van der Waals surface area contributed by atoms with Gasteiger partial charge >= 0.3 is 5.97 Å². The molecule has 0 saturated carbocycles. The number of hydrogen-bond donors (Lipinski definition) is 2. The van der Waals surface area contributed by atoms with Crippen LogP contribution in [0.3, 0.4) is 0 Å². The lowest BCUT2D eigenvalue weighted by molar-refractivity contribution is -0.133. The van der Waals surface area contributed by atoms with Crippen molar-refractivity contribution in [1.29, 1.82) is 0 Å². The first-order valence-electron chi connectivity index (χ1n) is 5.00. The van der Waals surface area contributed by atoms with E-state index in [1.54, 1.807) is 0 Å². The summed E-state index contributed by atoms with van der Waals surface area (Å²) < 4.78 is 13.5. The molecule has 6 heteroatoms. The van der Waals surface area contributed by atoms with Crippen molar-refractivity contribution in [1.82, 2.24) is 0 Å². The highest BCUT2D eigenvalue weighted by Crippen LogP contribution is 2.22. The maximum absolute atomic E-state index is 13.5. The highest BCUT2D eigenvalue weighted by molar-refractivity contribution is 6.31. The number of hydrogen-bond acceptors (Lipinski definition) is 2. The molecule has 0 aliphatic heterocycles. The van der Waals surface area contributed by atoms with Gasteiger partial charge in [0.05, 0.1) is 10.7 Å². The smallest absolute Gasteiger partial charge is 0.331 e. The van der Waals surface area contributed by atoms with Gasteiger partial charge < -0.3 is 10.4 Å². The highest BCUT2D eigenvalue weighted by atomic mass is 35.5. The van der Waals surface area contributed by atoms with E-state index in [1.165, 1.54) is 32.0 Å². The Hall–Kier alpha value is -1.88. The van der Waals surface area contributed by atoms with Gasteiger partial charge in [0.1, 0.15) is 0 Å². The predicted octanol–water partition coefficient (Wildman–Crippen LogP) is 2.84. The van der Waals surface area contributed by atoms with Crippen LogP contribution in [0.2, 0.25) is 5.02 Å². The SMILES string of the molecule is CC(C(=O)O)=C(C)C(=O)Nc1cccc(Cl)c1F. The second-order valence-corrected chi connectivity index (χ2v) is 4.02. The lowest BCUT2D eigenvalue weighted by Crippen LogP contribution is -2.17. The van der Waals surface area contributed by atoms with Crippen LogP contribution < -0.4 is 5.32 Å². The van der Waals surface area contributed by atoms with Gasteiger partial charge in [0.15, 0.2) is 5.82 Å². The number of rotatable bonds is 3. The largest absolute Gasteiger partial charge is 0.478 e. The number of aliphatic carboxylic acids is 1. The molecule has 0 fully saturated rings. The average Bonchev–Trinajstić information content (AvgIpc) is 2.32. The lowest BCUT2D eigenvalue weighted by Gasteiger charge is -2.08. The minimum Gasteiger partial charge on any atom is -0.478 e. The van der Waals surface area contributed by atoms with Crippen LogP contribution in [0.1, 0.15) is 13.8 Å². The number of anilines is 1. The molecule has 0 radical (unpaired) electrons. The molecule has 0 aromatic heterocycles. The van der Waals surface area contributed by atoms with Crippen molar-refractivity contribution in [3.05, 3.63) is 40.2 Å². The third-order valence-corrected chi connectivity index (χ3v) is 2.72. The molecular formula is C12H11ClFNO3. The molecule has 1 amide bonds. The topological polar surface area (TPSA) is 66.4 Å². The Labute approximate surface area is 108 Å². The fourth-order valence-corrected chi connectivity index (χ4v) is 1.32. The first-order valence-corrected chi connectivity index (χ1v) is 5.38. The summed E-state index contributed by atoms with van der Waals surface area (Å²) >= 11 is 5.56. The predicted molar refractivity (Wildman–Crippen MR) is 66.0 cm³/mol. The Kier molecular flexibility index (Phi) is 4.44. The molecule has 1 aromatic rings. The number of benzene rings is 1. The number of amides is 1. The zero-order chi connectivity index (χ0) is 13.9. The summed E-state index contributed by atoms with van der Waals surface area (Å²) in [5.74, 6) is -2.64. The molecule has 0 heterocycles. The summed E-state index contributed by atoms with van der Waals surface area (Å²) in [6.07, 6.45) is 0. The second-order valence-electron chi connectivity index (χ2n) is 3.61. The molecule has 0 saturated heterocycles. The quantitative estimate of drug-likeness (QED) is 0.831. The van der Waals surface area contributed by atoms with Crippen molar-refractivity contribution in [2.45, 2.75) is 13.8 Å². The van der Waals surface area contributed by atoms with Gasteiger partial charge in [-0.25, -0.2) is 9.18 Å². The average molecular weight is 272 g/mol. The maximum atomic E-state index is 13.5. The van der Waals surface area contributed by atoms with Crippen LogP contribution in [-0.4, -0.2) is 17.0 Å². The van der Waals surface area contributed by atoms with E-state index in [4.69, 9.17) is 16.7 Å². The van der Waals surface area contributed by atoms with Gasteiger partial charge in [-0.05, 0) is 26.0 Å². The van der Waals surface area contributed by atoms with Crippen molar-refractivity contribution in [2.24, 2.45) is 0 Å². The Balaban J connectivity index is 2.99. The third-order valence-electron chi connectivity index (χ3n) is 2.42. The van der Waals surface area contributed by atoms with Gasteiger partial charge in [-0.2, -0.15) is 0 Å². The van der Waals surface area contributed by atoms with Gasteiger partial charge in [-0.15, -0.1) is 0 Å². The number of carbonyl (C=O) groups is 2. The van der Waals surface area contributed by atoms with E-state index in [0.29, 0.717) is 0 Å². The number of carboxylic acid groups (broad SMARTS) is 1. The van der Waals surface area contributed by atoms with E-state index in [2.05, 4.69) is 5.32 Å². The van der Waals surface area contributed by atoms with Crippen LogP contribution in [0.25, 0.3) is 0 Å². The molecule has 0 spiro atoms. The lowest BCUT2D eigenvalue weighted by atomic mass is 10.1. The molecule has 2 N–H and O–H groups in total. The van der Waals surface area contributed by atoms with E-state index in [1.807, 2.05) is 0 Å². The van der Waals surface area contributed by atoms with Crippen LogP contribution in [0.4, 0.5) is 10.1 Å². The van der Waals surface area contributed by atoms with Gasteiger partial charge in [0.2, 0.25) is 0 Å².